The molecule has 0 aliphatic rings. The fraction of sp³-hybridized carbons (Fsp3) is 0. The molecule has 0 aromatic carbocycles. The van der Waals surface area contributed by atoms with Crippen LogP contribution in [0.25, 0.3) is 0 Å². The highest BCUT2D eigenvalue weighted by molar-refractivity contribution is 6.32. The first-order valence-corrected chi connectivity index (χ1v) is 3.17. The number of aldehydes is 1. The summed E-state index contributed by atoms with van der Waals surface area (Å²) in [7, 11) is 0. The van der Waals surface area contributed by atoms with E-state index in [0.717, 1.165) is 0 Å². The lowest BCUT2D eigenvalue weighted by Crippen LogP contribution is -1.90. The van der Waals surface area contributed by atoms with E-state index in [-0.39, 0.29) is 16.4 Å². The summed E-state index contributed by atoms with van der Waals surface area (Å²) in [5, 5.41) is 8.64. The first kappa shape index (κ1) is 7.70. The second-order valence-corrected chi connectivity index (χ2v) is 2.20. The topological polar surface area (TPSA) is 53.8 Å². The molecule has 1 aromatic rings. The van der Waals surface area contributed by atoms with Crippen molar-refractivity contribution in [3.63, 3.8) is 0 Å². The van der Waals surface area contributed by atoms with E-state index in [1.54, 1.807) is 6.07 Å². The Labute approximate surface area is 68.2 Å². The van der Waals surface area contributed by atoms with Crippen LogP contribution >= 0.6 is 11.6 Å². The van der Waals surface area contributed by atoms with Crippen molar-refractivity contribution < 1.29 is 4.79 Å². The Morgan fingerprint density at radius 2 is 2.36 bits per heavy atom. The largest absolute Gasteiger partial charge is 0.296 e. The smallest absolute Gasteiger partial charge is 0.170 e. The molecular weight excluding hydrogens is 164 g/mol. The van der Waals surface area contributed by atoms with Crippen LogP contribution in [-0.4, -0.2) is 11.3 Å². The summed E-state index contributed by atoms with van der Waals surface area (Å²) in [6, 6.07) is 4.72. The molecule has 0 atom stereocenters. The van der Waals surface area contributed by atoms with Gasteiger partial charge in [0, 0.05) is 0 Å². The summed E-state index contributed by atoms with van der Waals surface area (Å²) in [6.07, 6.45) is 0.517. The molecule has 0 amide bonds. The maximum atomic E-state index is 10.2. The molecule has 1 rings (SSSR count). The van der Waals surface area contributed by atoms with Crippen LogP contribution in [0.2, 0.25) is 5.02 Å². The number of rotatable bonds is 1. The van der Waals surface area contributed by atoms with Gasteiger partial charge in [0.25, 0.3) is 0 Å². The van der Waals surface area contributed by atoms with Crippen molar-refractivity contribution in [2.45, 2.75) is 0 Å². The van der Waals surface area contributed by atoms with Gasteiger partial charge in [-0.25, -0.2) is 4.98 Å². The maximum Gasteiger partial charge on any atom is 0.170 e. The minimum absolute atomic E-state index is 0.103. The van der Waals surface area contributed by atoms with Crippen LogP contribution < -0.4 is 0 Å². The van der Waals surface area contributed by atoms with Crippen molar-refractivity contribution >= 4 is 17.9 Å². The van der Waals surface area contributed by atoms with E-state index in [2.05, 4.69) is 4.98 Å². The molecule has 0 fully saturated rings. The number of hydrogen-bond donors (Lipinski definition) is 0. The van der Waals surface area contributed by atoms with Gasteiger partial charge in [0.2, 0.25) is 0 Å². The average Bonchev–Trinajstić information content (AvgIpc) is 2.05. The van der Waals surface area contributed by atoms with E-state index in [4.69, 9.17) is 16.9 Å². The van der Waals surface area contributed by atoms with E-state index < -0.39 is 0 Å². The average molecular weight is 167 g/mol. The number of nitrogens with zero attached hydrogens (tertiary/aromatic N) is 2. The molecule has 11 heavy (non-hydrogen) atoms. The molecule has 0 N–H and O–H groups in total. The van der Waals surface area contributed by atoms with Crippen LogP contribution in [-0.2, 0) is 0 Å². The van der Waals surface area contributed by atoms with Gasteiger partial charge in [-0.15, -0.1) is 0 Å². The zero-order valence-corrected chi connectivity index (χ0v) is 6.17. The number of carbonyl (C=O) groups is 1. The lowest BCUT2D eigenvalue weighted by atomic mass is 10.3. The van der Waals surface area contributed by atoms with Gasteiger partial charge in [0.1, 0.15) is 17.5 Å². The Morgan fingerprint density at radius 1 is 1.64 bits per heavy atom. The molecule has 0 bridgehead atoms. The fourth-order valence-electron chi connectivity index (χ4n) is 0.603. The van der Waals surface area contributed by atoms with E-state index >= 15 is 0 Å². The van der Waals surface area contributed by atoms with Crippen LogP contribution in [0.15, 0.2) is 12.1 Å². The molecule has 0 aliphatic heterocycles. The van der Waals surface area contributed by atoms with E-state index in [1.165, 1.54) is 12.1 Å². The zero-order valence-electron chi connectivity index (χ0n) is 5.41. The van der Waals surface area contributed by atoms with Gasteiger partial charge in [0.15, 0.2) is 6.29 Å². The molecular formula is C7H3ClN2O. The van der Waals surface area contributed by atoms with Gasteiger partial charge in [-0.3, -0.25) is 4.79 Å². The predicted octanol–water partition coefficient (Wildman–Crippen LogP) is 1.42. The molecule has 0 radical (unpaired) electrons. The van der Waals surface area contributed by atoms with Crippen molar-refractivity contribution in [2.75, 3.05) is 0 Å². The van der Waals surface area contributed by atoms with Gasteiger partial charge < -0.3 is 0 Å². The lowest BCUT2D eigenvalue weighted by Gasteiger charge is -1.92. The number of carbonyl (C=O) groups excluding carboxylic acids is 1. The first-order valence-electron chi connectivity index (χ1n) is 2.79. The maximum absolute atomic E-state index is 10.2. The third-order valence-corrected chi connectivity index (χ3v) is 1.42. The summed E-state index contributed by atoms with van der Waals surface area (Å²) in [6.45, 7) is 0. The van der Waals surface area contributed by atoms with Crippen LogP contribution in [0, 0.1) is 11.3 Å². The molecule has 0 aliphatic carbocycles. The second kappa shape index (κ2) is 3.13. The highest BCUT2D eigenvalue weighted by atomic mass is 35.5. The molecule has 0 spiro atoms. The van der Waals surface area contributed by atoms with Gasteiger partial charge in [-0.1, -0.05) is 11.6 Å². The van der Waals surface area contributed by atoms with Gasteiger partial charge in [0.05, 0.1) is 5.02 Å². The highest BCUT2D eigenvalue weighted by Crippen LogP contribution is 2.11. The summed E-state index contributed by atoms with van der Waals surface area (Å²) >= 11 is 5.55. The minimum Gasteiger partial charge on any atom is -0.296 e. The third-order valence-electron chi connectivity index (χ3n) is 1.10. The van der Waals surface area contributed by atoms with Crippen molar-refractivity contribution in [1.82, 2.24) is 4.98 Å². The van der Waals surface area contributed by atoms with Crippen molar-refractivity contribution in [2.24, 2.45) is 0 Å². The Morgan fingerprint density at radius 3 is 2.91 bits per heavy atom. The highest BCUT2D eigenvalue weighted by Gasteiger charge is 2.00. The molecule has 0 unspecified atom stereocenters. The Hall–Kier alpha value is -1.40. The molecule has 54 valence electrons. The number of pyridine rings is 1. The predicted molar refractivity (Wildman–Crippen MR) is 39.3 cm³/mol. The molecule has 3 nitrogen and oxygen atoms in total. The fourth-order valence-corrected chi connectivity index (χ4v) is 0.753. The third kappa shape index (κ3) is 1.54. The molecule has 0 saturated carbocycles. The number of hydrogen-bond acceptors (Lipinski definition) is 3. The Kier molecular flexibility index (Phi) is 2.19. The lowest BCUT2D eigenvalue weighted by molar-refractivity contribution is 0.111. The van der Waals surface area contributed by atoms with Crippen LogP contribution in [0.3, 0.4) is 0 Å². The molecule has 1 aromatic heterocycles. The number of halogens is 1. The first-order chi connectivity index (χ1) is 5.27. The molecule has 0 saturated heterocycles. The Bertz CT molecular complexity index is 330. The monoisotopic (exact) mass is 166 g/mol. The summed E-state index contributed by atoms with van der Waals surface area (Å²) in [4.78, 5) is 13.9. The summed E-state index contributed by atoms with van der Waals surface area (Å²) in [5.74, 6) is 0. The zero-order chi connectivity index (χ0) is 8.27. The minimum atomic E-state index is 0.103. The van der Waals surface area contributed by atoms with E-state index in [1.807, 2.05) is 0 Å². The number of aromatic nitrogens is 1. The van der Waals surface area contributed by atoms with E-state index in [9.17, 15) is 4.79 Å². The number of nitriles is 1. The molecule has 1 heterocycles. The van der Waals surface area contributed by atoms with Crippen molar-refractivity contribution in [1.29, 1.82) is 5.26 Å². The van der Waals surface area contributed by atoms with Gasteiger partial charge in [-0.05, 0) is 12.1 Å². The van der Waals surface area contributed by atoms with Crippen LogP contribution in [0.5, 0.6) is 0 Å². The van der Waals surface area contributed by atoms with Gasteiger partial charge >= 0.3 is 0 Å². The van der Waals surface area contributed by atoms with Crippen molar-refractivity contribution in [3.05, 3.63) is 28.5 Å². The SMILES string of the molecule is N#Cc1ccc(Cl)c(C=O)n1. The molecule has 4 heteroatoms. The van der Waals surface area contributed by atoms with Crippen LogP contribution in [0.4, 0.5) is 0 Å². The summed E-state index contributed by atoms with van der Waals surface area (Å²) < 4.78 is 0. The summed E-state index contributed by atoms with van der Waals surface area (Å²) in [5.41, 5.74) is 0.294. The normalized spacial score (nSPS) is 8.73. The second-order valence-electron chi connectivity index (χ2n) is 1.79. The van der Waals surface area contributed by atoms with E-state index in [0.29, 0.717) is 6.29 Å². The quantitative estimate of drug-likeness (QED) is 0.593. The van der Waals surface area contributed by atoms with Crippen molar-refractivity contribution in [3.8, 4) is 6.07 Å². The Balaban J connectivity index is 3.25. The van der Waals surface area contributed by atoms with Crippen LogP contribution in [0.1, 0.15) is 16.2 Å². The van der Waals surface area contributed by atoms with Gasteiger partial charge in [-0.2, -0.15) is 5.26 Å². The standard InChI is InChI=1S/C7H3ClN2O/c8-6-2-1-5(3-9)10-7(6)4-11/h1-2,4H.